The maximum absolute atomic E-state index is 13.8. The minimum absolute atomic E-state index is 0.0337. The minimum Gasteiger partial charge on any atom is -0.453 e. The Bertz CT molecular complexity index is 1770. The molecule has 3 unspecified atom stereocenters. The number of rotatable bonds is 7. The molecular formula is C31H32O11S. The zero-order valence-electron chi connectivity index (χ0n) is 24.1. The van der Waals surface area contributed by atoms with Crippen LogP contribution in [0.2, 0.25) is 0 Å². The Morgan fingerprint density at radius 3 is 2.12 bits per heavy atom. The van der Waals surface area contributed by atoms with Crippen molar-refractivity contribution in [3.05, 3.63) is 34.4 Å². The van der Waals surface area contributed by atoms with E-state index in [4.69, 9.17) is 18.6 Å². The molecule has 43 heavy (non-hydrogen) atoms. The van der Waals surface area contributed by atoms with Crippen molar-refractivity contribution in [2.45, 2.75) is 82.8 Å². The van der Waals surface area contributed by atoms with Crippen LogP contribution in [-0.4, -0.2) is 35.8 Å². The van der Waals surface area contributed by atoms with Crippen molar-refractivity contribution in [2.24, 2.45) is 23.2 Å². The molecule has 0 spiro atoms. The molecule has 5 aliphatic rings. The van der Waals surface area contributed by atoms with Gasteiger partial charge in [0.05, 0.1) is 15.9 Å². The zero-order chi connectivity index (χ0) is 30.7. The number of hydrogen-bond acceptors (Lipinski definition) is 10. The van der Waals surface area contributed by atoms with E-state index in [1.165, 1.54) is 12.1 Å². The molecular weight excluding hydrogens is 580 g/mol. The van der Waals surface area contributed by atoms with E-state index in [0.717, 1.165) is 12.8 Å². The second-order valence-corrected chi connectivity index (χ2v) is 14.6. The fourth-order valence-electron chi connectivity index (χ4n) is 7.90. The summed E-state index contributed by atoms with van der Waals surface area (Å²) in [5.41, 5.74) is -0.167. The van der Waals surface area contributed by atoms with Gasteiger partial charge in [0.15, 0.2) is 11.2 Å². The van der Waals surface area contributed by atoms with Crippen LogP contribution in [0.4, 0.5) is 0 Å². The van der Waals surface area contributed by atoms with Crippen LogP contribution < -0.4 is 14.2 Å². The van der Waals surface area contributed by atoms with Gasteiger partial charge in [0.2, 0.25) is 17.8 Å². The number of ketones is 1. The molecule has 4 aliphatic carbocycles. The summed E-state index contributed by atoms with van der Waals surface area (Å²) in [6.07, 6.45) is 1.54. The van der Waals surface area contributed by atoms with E-state index < -0.39 is 33.8 Å². The summed E-state index contributed by atoms with van der Waals surface area (Å²) in [6, 6.07) is 2.53. The summed E-state index contributed by atoms with van der Waals surface area (Å²) in [4.78, 5) is 39.9. The number of ether oxygens (including phenoxy) is 3. The monoisotopic (exact) mass is 612 g/mol. The van der Waals surface area contributed by atoms with Crippen LogP contribution in [0.1, 0.15) is 105 Å². The molecule has 2 aromatic heterocycles. The van der Waals surface area contributed by atoms with Crippen LogP contribution in [0.15, 0.2) is 21.4 Å². The quantitative estimate of drug-likeness (QED) is 0.203. The molecule has 4 saturated carbocycles. The molecule has 8 rings (SSSR count). The van der Waals surface area contributed by atoms with Crippen molar-refractivity contribution in [3.63, 3.8) is 0 Å². The van der Waals surface area contributed by atoms with Crippen molar-refractivity contribution in [1.82, 2.24) is 0 Å². The fourth-order valence-corrected chi connectivity index (χ4v) is 8.45. The maximum atomic E-state index is 13.8. The molecule has 0 amide bonds. The Hall–Kier alpha value is -3.48. The van der Waals surface area contributed by atoms with Crippen molar-refractivity contribution in [1.29, 1.82) is 0 Å². The van der Waals surface area contributed by atoms with Gasteiger partial charge in [0, 0.05) is 11.8 Å². The summed E-state index contributed by atoms with van der Waals surface area (Å²) in [5, 5.41) is 10.7. The Kier molecular flexibility index (Phi) is 6.10. The fraction of sp³-hybridized carbons (Fsp3) is 0.516. The number of aliphatic hydroxyl groups is 1. The summed E-state index contributed by atoms with van der Waals surface area (Å²) in [5.74, 6) is -1.73. The molecule has 4 fully saturated rings. The second kappa shape index (κ2) is 9.26. The third-order valence-corrected chi connectivity index (χ3v) is 10.6. The van der Waals surface area contributed by atoms with E-state index in [1.54, 1.807) is 27.7 Å². The zero-order valence-corrected chi connectivity index (χ0v) is 24.9. The van der Waals surface area contributed by atoms with Gasteiger partial charge >= 0.3 is 11.9 Å². The Morgan fingerprint density at radius 1 is 0.953 bits per heavy atom. The van der Waals surface area contributed by atoms with Gasteiger partial charge in [-0.3, -0.25) is 14.1 Å². The highest BCUT2D eigenvalue weighted by atomic mass is 32.2. The highest BCUT2D eigenvalue weighted by Crippen LogP contribution is 2.60. The second-order valence-electron chi connectivity index (χ2n) is 13.2. The van der Waals surface area contributed by atoms with Crippen LogP contribution in [-0.2, 0) is 19.7 Å². The van der Waals surface area contributed by atoms with E-state index in [0.29, 0.717) is 30.4 Å². The van der Waals surface area contributed by atoms with E-state index in [2.05, 4.69) is 0 Å². The smallest absolute Gasteiger partial charge is 0.348 e. The first-order chi connectivity index (χ1) is 20.2. The van der Waals surface area contributed by atoms with Crippen LogP contribution in [0, 0.1) is 23.2 Å². The molecule has 11 nitrogen and oxygen atoms in total. The third-order valence-electron chi connectivity index (χ3n) is 9.72. The van der Waals surface area contributed by atoms with Crippen molar-refractivity contribution < 1.29 is 51.1 Å². The van der Waals surface area contributed by atoms with Crippen molar-refractivity contribution in [2.75, 3.05) is 0 Å². The summed E-state index contributed by atoms with van der Waals surface area (Å²) < 4.78 is 56.9. The molecule has 6 bridgehead atoms. The van der Waals surface area contributed by atoms with Gasteiger partial charge in [-0.15, -0.1) is 0 Å². The number of hydrogen-bond donors (Lipinski definition) is 2. The van der Waals surface area contributed by atoms with E-state index in [-0.39, 0.29) is 79.8 Å². The molecule has 0 radical (unpaired) electrons. The molecule has 2 N–H and O–H groups in total. The number of esters is 2. The lowest BCUT2D eigenvalue weighted by Gasteiger charge is -2.53. The van der Waals surface area contributed by atoms with Gasteiger partial charge in [0.1, 0.15) is 17.1 Å². The first kappa shape index (κ1) is 28.3. The average Bonchev–Trinajstić information content (AvgIpc) is 3.54. The van der Waals surface area contributed by atoms with Gasteiger partial charge in [-0.1, -0.05) is 27.7 Å². The molecule has 228 valence electrons. The lowest BCUT2D eigenvalue weighted by molar-refractivity contribution is -0.167. The predicted octanol–water partition coefficient (Wildman–Crippen LogP) is 5.27. The molecule has 3 aromatic rings. The van der Waals surface area contributed by atoms with Crippen LogP contribution >= 0.6 is 0 Å². The van der Waals surface area contributed by atoms with Gasteiger partial charge in [-0.05, 0) is 73.1 Å². The molecule has 1 aliphatic heterocycles. The average molecular weight is 613 g/mol. The summed E-state index contributed by atoms with van der Waals surface area (Å²) in [7, 11) is -4.54. The number of benzene rings is 2. The maximum Gasteiger partial charge on any atom is 0.348 e. The number of carbonyl (C=O) groups is 3. The molecule has 3 atom stereocenters. The van der Waals surface area contributed by atoms with Gasteiger partial charge < -0.3 is 23.7 Å². The van der Waals surface area contributed by atoms with Crippen molar-refractivity contribution >= 4 is 39.0 Å². The highest BCUT2D eigenvalue weighted by Gasteiger charge is 2.59. The third kappa shape index (κ3) is 4.13. The topological polar surface area (TPSA) is 167 Å². The van der Waals surface area contributed by atoms with Crippen LogP contribution in [0.5, 0.6) is 17.2 Å². The number of aliphatic hydroxyl groups excluding tert-OH is 1. The number of fused-ring (bicyclic) bond motifs is 1. The minimum atomic E-state index is -4.54. The predicted molar refractivity (Wildman–Crippen MR) is 149 cm³/mol. The standard InChI is InChI=1S/C31H32O11S/c1-12(2)18-7-17(43(36,37)38)8-19(13(3)4)23(18)40-28(33)21-20-24-26(41-29(20)34)27(25(21)39-24)42-30(35)31-9-14-5-15(10-31)22(32)16(6-14)11-31/h7-8,12-16,29,34H,5-6,9-11H2,1-4H3,(H,36,37,38). The van der Waals surface area contributed by atoms with E-state index >= 15 is 0 Å². The first-order valence-electron chi connectivity index (χ1n) is 14.6. The summed E-state index contributed by atoms with van der Waals surface area (Å²) >= 11 is 0. The van der Waals surface area contributed by atoms with E-state index in [9.17, 15) is 32.5 Å². The molecule has 0 saturated heterocycles. The van der Waals surface area contributed by atoms with Gasteiger partial charge in [0.25, 0.3) is 10.1 Å². The number of Topliss-reactive ketones (excluding diaryl/α,β-unsaturated/α-hetero) is 1. The molecule has 12 heteroatoms. The SMILES string of the molecule is CC(C)c1cc(S(=O)(=O)O)cc(C(C)C)c1OC(=O)c1c2c3oc1c(OC(=O)C14CC5CC(C1)C(=O)C(C5)C4)c3OC2O. The largest absolute Gasteiger partial charge is 0.453 e. The normalized spacial score (nSPS) is 27.5. The molecule has 3 heterocycles. The number of furan rings is 2. The highest BCUT2D eigenvalue weighted by molar-refractivity contribution is 7.85. The molecule has 1 aromatic carbocycles. The number of carbonyl (C=O) groups excluding carboxylic acids is 3. The lowest BCUT2D eigenvalue weighted by Crippen LogP contribution is -2.55. The van der Waals surface area contributed by atoms with Gasteiger partial charge in [-0.25, -0.2) is 4.79 Å². The summed E-state index contributed by atoms with van der Waals surface area (Å²) in [6.45, 7) is 7.15. The van der Waals surface area contributed by atoms with Crippen molar-refractivity contribution in [3.8, 4) is 17.2 Å². The Morgan fingerprint density at radius 2 is 1.56 bits per heavy atom. The van der Waals surface area contributed by atoms with Crippen LogP contribution in [0.25, 0.3) is 11.2 Å². The Balaban J connectivity index is 1.25. The van der Waals surface area contributed by atoms with E-state index in [1.807, 2.05) is 0 Å². The lowest BCUT2D eigenvalue weighted by atomic mass is 9.49. The Labute approximate surface area is 247 Å². The van der Waals surface area contributed by atoms with Crippen LogP contribution in [0.3, 0.4) is 0 Å². The first-order valence-corrected chi connectivity index (χ1v) is 16.0. The van der Waals surface area contributed by atoms with Gasteiger partial charge in [-0.2, -0.15) is 8.42 Å².